The number of carbonyl (C=O) groups is 3. The molecule has 4 N–H and O–H groups in total. The van der Waals surface area contributed by atoms with E-state index in [0.717, 1.165) is 87.0 Å². The van der Waals surface area contributed by atoms with Gasteiger partial charge in [0.2, 0.25) is 5.91 Å². The van der Waals surface area contributed by atoms with Gasteiger partial charge in [-0.3, -0.25) is 24.8 Å². The molecule has 10 rings (SSSR count). The Kier molecular flexibility index (Phi) is 11.2. The third-order valence-corrected chi connectivity index (χ3v) is 14.7. The van der Waals surface area contributed by atoms with Crippen LogP contribution in [-0.4, -0.2) is 111 Å². The number of pyridine rings is 1. The fourth-order valence-corrected chi connectivity index (χ4v) is 10.8. The summed E-state index contributed by atoms with van der Waals surface area (Å²) >= 11 is 0. The Bertz CT molecular complexity index is 2600. The molecule has 1 aliphatic carbocycles. The molecule has 3 aromatic heterocycles. The normalized spacial score (nSPS) is 21.3. The predicted molar refractivity (Wildman–Crippen MR) is 244 cm³/mol. The summed E-state index contributed by atoms with van der Waals surface area (Å²) in [5.74, 6) is 0.716. The van der Waals surface area contributed by atoms with E-state index in [-0.39, 0.29) is 29.9 Å². The summed E-state index contributed by atoms with van der Waals surface area (Å²) in [4.78, 5) is 51.1. The van der Waals surface area contributed by atoms with E-state index in [0.29, 0.717) is 79.3 Å². The number of imide groups is 1. The molecule has 1 saturated carbocycles. The molecular formula is C49H57FN10O4. The fourth-order valence-electron chi connectivity index (χ4n) is 10.8. The first-order valence-electron chi connectivity index (χ1n) is 23.1. The number of aromatic nitrogens is 4. The van der Waals surface area contributed by atoms with Crippen LogP contribution in [0.1, 0.15) is 109 Å². The van der Waals surface area contributed by atoms with Gasteiger partial charge in [0.1, 0.15) is 11.4 Å². The first-order valence-corrected chi connectivity index (χ1v) is 23.1. The van der Waals surface area contributed by atoms with Crippen molar-refractivity contribution in [3.05, 3.63) is 89.2 Å². The van der Waals surface area contributed by atoms with E-state index in [1.165, 1.54) is 17.5 Å². The van der Waals surface area contributed by atoms with Gasteiger partial charge in [0.25, 0.3) is 5.91 Å². The van der Waals surface area contributed by atoms with Crippen LogP contribution in [0.2, 0.25) is 0 Å². The Morgan fingerprint density at radius 3 is 2.44 bits per heavy atom. The zero-order valence-electron chi connectivity index (χ0n) is 36.5. The van der Waals surface area contributed by atoms with Crippen LogP contribution < -0.4 is 20.9 Å². The molecule has 0 unspecified atom stereocenters. The maximum Gasteiger partial charge on any atom is 0.328 e. The number of phenols is 1. The molecule has 334 valence electrons. The minimum atomic E-state index is -1.35. The van der Waals surface area contributed by atoms with Gasteiger partial charge in [-0.15, -0.1) is 10.2 Å². The molecule has 64 heavy (non-hydrogen) atoms. The van der Waals surface area contributed by atoms with Crippen molar-refractivity contribution in [1.29, 1.82) is 0 Å². The number of urea groups is 1. The number of hydrogen-bond donors (Lipinski definition) is 3. The summed E-state index contributed by atoms with van der Waals surface area (Å²) in [5.41, 5.74) is 13.8. The lowest BCUT2D eigenvalue weighted by molar-refractivity contribution is -0.120. The number of aromatic hydroxyl groups is 1. The highest BCUT2D eigenvalue weighted by Gasteiger charge is 2.39. The Morgan fingerprint density at radius 2 is 1.70 bits per heavy atom. The van der Waals surface area contributed by atoms with Gasteiger partial charge in [0.15, 0.2) is 5.82 Å². The minimum Gasteiger partial charge on any atom is -0.507 e. The van der Waals surface area contributed by atoms with Crippen molar-refractivity contribution in [2.45, 2.75) is 94.7 Å². The summed E-state index contributed by atoms with van der Waals surface area (Å²) in [6.45, 7) is 6.71. The number of piperidine rings is 3. The Hall–Kier alpha value is -6.09. The molecule has 1 atom stereocenters. The summed E-state index contributed by atoms with van der Waals surface area (Å²) in [7, 11) is 0. The number of carbonyl (C=O) groups excluding carboxylic acids is 3. The van der Waals surface area contributed by atoms with Crippen LogP contribution >= 0.6 is 0 Å². The number of anilines is 3. The molecule has 4 saturated heterocycles. The van der Waals surface area contributed by atoms with Crippen LogP contribution in [0, 0.1) is 6.92 Å². The maximum atomic E-state index is 16.6. The Morgan fingerprint density at radius 1 is 0.906 bits per heavy atom. The minimum absolute atomic E-state index is 0.0498. The average Bonchev–Trinajstić information content (AvgIpc) is 3.64. The number of halogens is 1. The maximum absolute atomic E-state index is 16.6. The average molecular weight is 869 g/mol. The van der Waals surface area contributed by atoms with Gasteiger partial charge in [-0.1, -0.05) is 18.2 Å². The van der Waals surface area contributed by atoms with Gasteiger partial charge in [-0.05, 0) is 124 Å². The van der Waals surface area contributed by atoms with Gasteiger partial charge in [-0.2, -0.15) is 0 Å². The van der Waals surface area contributed by atoms with Crippen molar-refractivity contribution in [3.63, 3.8) is 0 Å². The zero-order valence-corrected chi connectivity index (χ0v) is 36.5. The van der Waals surface area contributed by atoms with Crippen LogP contribution in [0.15, 0.2) is 67.0 Å². The zero-order chi connectivity index (χ0) is 44.1. The van der Waals surface area contributed by atoms with E-state index in [2.05, 4.69) is 55.1 Å². The molecule has 15 heteroatoms. The van der Waals surface area contributed by atoms with Crippen LogP contribution in [0.25, 0.3) is 22.3 Å². The quantitative estimate of drug-likeness (QED) is 0.135. The number of fused-ring (bicyclic) bond motifs is 1. The Labute approximate surface area is 372 Å². The van der Waals surface area contributed by atoms with E-state index in [1.54, 1.807) is 23.2 Å². The van der Waals surface area contributed by atoms with Crippen LogP contribution in [0.5, 0.6) is 5.75 Å². The molecule has 5 aliphatic rings. The molecule has 7 heterocycles. The number of benzene rings is 2. The molecule has 14 nitrogen and oxygen atoms in total. The highest BCUT2D eigenvalue weighted by molar-refractivity contribution is 6.06. The largest absolute Gasteiger partial charge is 0.507 e. The molecule has 4 amide bonds. The van der Waals surface area contributed by atoms with Crippen molar-refractivity contribution >= 4 is 46.1 Å². The van der Waals surface area contributed by atoms with Crippen molar-refractivity contribution in [1.82, 2.24) is 34.9 Å². The van der Waals surface area contributed by atoms with Gasteiger partial charge < -0.3 is 30.1 Å². The number of likely N-dealkylation sites (tertiary alicyclic amines) is 2. The third-order valence-electron chi connectivity index (χ3n) is 14.7. The standard InChI is InChI=1S/C49H57FN10O4/c1-31-24-33(11-12-37(31)34-6-5-18-58(28-34)42-26-40(54-55-46(42)51)38-9-2-3-10-43(38)61)47(63)57-22-16-49(50,17-23-57)30-56-19-13-32(14-20-56)39-29-60(35-7-4-8-35)41-25-36(27-52-45(39)41)59-21-15-44(62)53-48(59)64/h2-3,9-12,24-27,29,32,34-35,61H,4-8,13-23,28,30H2,1H3,(H2,51,55)(H,53,62,64)/t34-/m0/s1. The van der Waals surface area contributed by atoms with Gasteiger partial charge in [-0.25, -0.2) is 9.18 Å². The SMILES string of the molecule is Cc1cc(C(=O)N2CCC(F)(CN3CCC(c4cn(C5CCC5)c5cc(N6CCC(=O)NC6=O)cnc45)CC3)CC2)ccc1[C@H]1CCCN(c2cc(-c3ccccc3O)nnc2N)C1. The second kappa shape index (κ2) is 17.1. The van der Waals surface area contributed by atoms with Crippen molar-refractivity contribution < 1.29 is 23.9 Å². The highest BCUT2D eigenvalue weighted by atomic mass is 19.1. The number of nitrogen functional groups attached to an aromatic ring is 1. The molecule has 0 radical (unpaired) electrons. The van der Waals surface area contributed by atoms with Crippen molar-refractivity contribution in [3.8, 4) is 17.0 Å². The number of nitrogens with two attached hydrogens (primary N) is 1. The number of aryl methyl sites for hydroxylation is 1. The third kappa shape index (κ3) is 8.14. The van der Waals surface area contributed by atoms with Crippen molar-refractivity contribution in [2.75, 3.05) is 67.9 Å². The van der Waals surface area contributed by atoms with Crippen LogP contribution in [0.4, 0.5) is 26.4 Å². The second-order valence-corrected chi connectivity index (χ2v) is 18.8. The number of phenolic OH excluding ortho intramolecular Hbond substituents is 1. The van der Waals surface area contributed by atoms with Crippen LogP contribution in [0.3, 0.4) is 0 Å². The molecule has 0 bridgehead atoms. The molecule has 2 aromatic carbocycles. The Balaban J connectivity index is 0.741. The molecule has 5 fully saturated rings. The lowest BCUT2D eigenvalue weighted by Crippen LogP contribution is -2.51. The highest BCUT2D eigenvalue weighted by Crippen LogP contribution is 2.42. The summed E-state index contributed by atoms with van der Waals surface area (Å²) in [5, 5.41) is 21.3. The molecular weight excluding hydrogens is 812 g/mol. The second-order valence-electron chi connectivity index (χ2n) is 18.8. The number of hydrogen-bond acceptors (Lipinski definition) is 10. The van der Waals surface area contributed by atoms with E-state index < -0.39 is 11.7 Å². The van der Waals surface area contributed by atoms with Gasteiger partial charge in [0.05, 0.1) is 34.3 Å². The lowest BCUT2D eigenvalue weighted by atomic mass is 9.86. The van der Waals surface area contributed by atoms with E-state index in [4.69, 9.17) is 10.7 Å². The lowest BCUT2D eigenvalue weighted by Gasteiger charge is -2.41. The fraction of sp³-hybridized carbons (Fsp3) is 0.469. The summed E-state index contributed by atoms with van der Waals surface area (Å²) < 4.78 is 18.9. The molecule has 4 aliphatic heterocycles. The number of nitrogens with one attached hydrogen (secondary N) is 1. The topological polar surface area (TPSA) is 166 Å². The monoisotopic (exact) mass is 868 g/mol. The summed E-state index contributed by atoms with van der Waals surface area (Å²) in [6, 6.07) is 17.0. The van der Waals surface area contributed by atoms with E-state index in [9.17, 15) is 19.5 Å². The first-order chi connectivity index (χ1) is 31.0. The predicted octanol–water partition coefficient (Wildman–Crippen LogP) is 7.47. The number of rotatable bonds is 9. The number of amides is 4. The van der Waals surface area contributed by atoms with Crippen LogP contribution in [-0.2, 0) is 4.79 Å². The first kappa shape index (κ1) is 41.9. The number of alkyl halides is 1. The van der Waals surface area contributed by atoms with Gasteiger partial charge >= 0.3 is 6.03 Å². The smallest absolute Gasteiger partial charge is 0.328 e. The molecule has 5 aromatic rings. The van der Waals surface area contributed by atoms with Crippen molar-refractivity contribution in [2.24, 2.45) is 0 Å². The number of nitrogens with zero attached hydrogens (tertiary/aromatic N) is 8. The van der Waals surface area contributed by atoms with E-state index >= 15 is 4.39 Å². The summed E-state index contributed by atoms with van der Waals surface area (Å²) in [6.07, 6.45) is 12.2. The molecule has 0 spiro atoms. The van der Waals surface area contributed by atoms with E-state index in [1.807, 2.05) is 35.2 Å². The van der Waals surface area contributed by atoms with Gasteiger partial charge in [0, 0.05) is 87.8 Å². The number of para-hydroxylation sites is 1.